The van der Waals surface area contributed by atoms with Crippen LogP contribution < -0.4 is 0 Å². The summed E-state index contributed by atoms with van der Waals surface area (Å²) in [6.07, 6.45) is 1.16. The minimum Gasteiger partial charge on any atom is -0.494 e. The van der Waals surface area contributed by atoms with E-state index < -0.39 is 0 Å². The fourth-order valence-electron chi connectivity index (χ4n) is 2.44. The number of carbonyl (C=O) groups excluding carboxylic acids is 1. The number of esters is 1. The zero-order chi connectivity index (χ0) is 11.9. The Morgan fingerprint density at radius 1 is 1.44 bits per heavy atom. The van der Waals surface area contributed by atoms with E-state index in [0.29, 0.717) is 18.4 Å². The maximum absolute atomic E-state index is 11.7. The van der Waals surface area contributed by atoms with Crippen LogP contribution in [0.2, 0.25) is 0 Å². The van der Waals surface area contributed by atoms with Crippen molar-refractivity contribution in [1.29, 1.82) is 0 Å². The van der Waals surface area contributed by atoms with Crippen LogP contribution in [0, 0.1) is 17.8 Å². The summed E-state index contributed by atoms with van der Waals surface area (Å²) in [4.78, 5) is 11.7. The van der Waals surface area contributed by atoms with Gasteiger partial charge in [-0.3, -0.25) is 0 Å². The molecule has 0 bridgehead atoms. The molecule has 90 valence electrons. The van der Waals surface area contributed by atoms with Gasteiger partial charge in [-0.15, -0.1) is 0 Å². The van der Waals surface area contributed by atoms with E-state index in [1.54, 1.807) is 0 Å². The molecule has 1 unspecified atom stereocenters. The molecule has 3 nitrogen and oxygen atoms in total. The Balaban J connectivity index is 2.41. The molecule has 0 aromatic heterocycles. The highest BCUT2D eigenvalue weighted by Crippen LogP contribution is 2.41. The summed E-state index contributed by atoms with van der Waals surface area (Å²) in [7, 11) is 0. The lowest BCUT2D eigenvalue weighted by molar-refractivity contribution is -0.135. The average molecular weight is 224 g/mol. The third kappa shape index (κ3) is 1.62. The van der Waals surface area contributed by atoms with E-state index in [2.05, 4.69) is 27.7 Å². The summed E-state index contributed by atoms with van der Waals surface area (Å²) < 4.78 is 11.1. The van der Waals surface area contributed by atoms with Gasteiger partial charge >= 0.3 is 5.97 Å². The maximum atomic E-state index is 11.7. The lowest BCUT2D eigenvalue weighted by Crippen LogP contribution is -2.34. The van der Waals surface area contributed by atoms with Gasteiger partial charge in [0.1, 0.15) is 5.76 Å². The third-order valence-corrected chi connectivity index (χ3v) is 4.00. The second-order valence-corrected chi connectivity index (χ2v) is 4.97. The van der Waals surface area contributed by atoms with Gasteiger partial charge in [-0.2, -0.15) is 0 Å². The van der Waals surface area contributed by atoms with Crippen molar-refractivity contribution in [1.82, 2.24) is 0 Å². The molecule has 0 radical (unpaired) electrons. The topological polar surface area (TPSA) is 35.5 Å². The molecule has 2 heterocycles. The second-order valence-electron chi connectivity index (χ2n) is 4.97. The molecule has 2 rings (SSSR count). The van der Waals surface area contributed by atoms with Crippen LogP contribution in [-0.4, -0.2) is 18.7 Å². The molecule has 0 aromatic carbocycles. The minimum atomic E-state index is -0.168. The third-order valence-electron chi connectivity index (χ3n) is 4.00. The summed E-state index contributed by atoms with van der Waals surface area (Å²) in [6, 6.07) is 0. The van der Waals surface area contributed by atoms with Crippen molar-refractivity contribution in [2.24, 2.45) is 17.8 Å². The fraction of sp³-hybridized carbons (Fsp3) is 0.769. The van der Waals surface area contributed by atoms with Gasteiger partial charge in [0.2, 0.25) is 0 Å². The first-order valence-electron chi connectivity index (χ1n) is 6.14. The van der Waals surface area contributed by atoms with Gasteiger partial charge in [0, 0.05) is 17.8 Å². The van der Waals surface area contributed by atoms with Crippen LogP contribution in [0.5, 0.6) is 0 Å². The average Bonchev–Trinajstić information content (AvgIpc) is 2.65. The van der Waals surface area contributed by atoms with Gasteiger partial charge < -0.3 is 9.47 Å². The van der Waals surface area contributed by atoms with Crippen molar-refractivity contribution in [3.8, 4) is 0 Å². The Morgan fingerprint density at radius 3 is 2.75 bits per heavy atom. The molecule has 2 aliphatic heterocycles. The Kier molecular flexibility index (Phi) is 2.96. The van der Waals surface area contributed by atoms with Crippen molar-refractivity contribution >= 4 is 5.97 Å². The van der Waals surface area contributed by atoms with Gasteiger partial charge in [-0.05, 0) is 13.3 Å². The number of hydrogen-bond donors (Lipinski definition) is 0. The molecule has 3 heteroatoms. The van der Waals surface area contributed by atoms with E-state index in [0.717, 1.165) is 17.8 Å². The summed E-state index contributed by atoms with van der Waals surface area (Å²) >= 11 is 0. The quantitative estimate of drug-likeness (QED) is 0.676. The summed E-state index contributed by atoms with van der Waals surface area (Å²) in [6.45, 7) is 8.95. The number of fused-ring (bicyclic) bond motifs is 1. The molecule has 0 spiro atoms. The monoisotopic (exact) mass is 224 g/mol. The van der Waals surface area contributed by atoms with Gasteiger partial charge in [-0.1, -0.05) is 20.8 Å². The Labute approximate surface area is 96.8 Å². The first-order valence-corrected chi connectivity index (χ1v) is 6.14. The molecule has 0 saturated carbocycles. The van der Waals surface area contributed by atoms with Crippen molar-refractivity contribution in [3.63, 3.8) is 0 Å². The lowest BCUT2D eigenvalue weighted by Gasteiger charge is -2.34. The normalized spacial score (nSPS) is 35.5. The molecule has 0 aromatic rings. The van der Waals surface area contributed by atoms with E-state index in [1.807, 2.05) is 0 Å². The van der Waals surface area contributed by atoms with E-state index in [-0.39, 0.29) is 18.0 Å². The molecule has 0 aliphatic carbocycles. The number of hydrogen-bond acceptors (Lipinski definition) is 3. The summed E-state index contributed by atoms with van der Waals surface area (Å²) in [5.74, 6) is 1.60. The molecule has 16 heavy (non-hydrogen) atoms. The van der Waals surface area contributed by atoms with Gasteiger partial charge in [-0.25, -0.2) is 4.79 Å². The van der Waals surface area contributed by atoms with Crippen LogP contribution in [0.3, 0.4) is 0 Å². The minimum absolute atomic E-state index is 0.168. The van der Waals surface area contributed by atoms with E-state index in [1.165, 1.54) is 0 Å². The smallest absolute Gasteiger partial charge is 0.337 e. The van der Waals surface area contributed by atoms with Crippen molar-refractivity contribution < 1.29 is 14.3 Å². The van der Waals surface area contributed by atoms with Crippen molar-refractivity contribution in [2.75, 3.05) is 6.61 Å². The molecule has 1 saturated heterocycles. The highest BCUT2D eigenvalue weighted by Gasteiger charge is 2.44. The standard InChI is InChI=1S/C13H20O3/c1-5-7(2)12-11-10(6-15-13(11)14)8(3)9(4)16-12/h7-10H,5-6H2,1-4H3/t7?,8-,9-,10-/m0/s1. The number of carbonyl (C=O) groups is 1. The highest BCUT2D eigenvalue weighted by molar-refractivity contribution is 5.92. The highest BCUT2D eigenvalue weighted by atomic mass is 16.5. The summed E-state index contributed by atoms with van der Waals surface area (Å²) in [5, 5.41) is 0. The second kappa shape index (κ2) is 4.11. The van der Waals surface area contributed by atoms with Crippen LogP contribution in [0.15, 0.2) is 11.3 Å². The van der Waals surface area contributed by atoms with Gasteiger partial charge in [0.15, 0.2) is 0 Å². The predicted octanol–water partition coefficient (Wildman–Crippen LogP) is 2.51. The molecular formula is C13H20O3. The number of allylic oxidation sites excluding steroid dienone is 1. The Bertz CT molecular complexity index is 332. The zero-order valence-corrected chi connectivity index (χ0v) is 10.4. The molecule has 1 fully saturated rings. The van der Waals surface area contributed by atoms with Crippen LogP contribution in [0.1, 0.15) is 34.1 Å². The van der Waals surface area contributed by atoms with Gasteiger partial charge in [0.25, 0.3) is 0 Å². The Morgan fingerprint density at radius 2 is 2.12 bits per heavy atom. The van der Waals surface area contributed by atoms with Crippen molar-refractivity contribution in [3.05, 3.63) is 11.3 Å². The molecular weight excluding hydrogens is 204 g/mol. The Hall–Kier alpha value is -0.990. The molecule has 0 N–H and O–H groups in total. The van der Waals surface area contributed by atoms with Crippen LogP contribution in [0.4, 0.5) is 0 Å². The molecule has 2 aliphatic rings. The molecule has 4 atom stereocenters. The first kappa shape index (κ1) is 11.5. The van der Waals surface area contributed by atoms with E-state index in [4.69, 9.17) is 9.47 Å². The van der Waals surface area contributed by atoms with Gasteiger partial charge in [0.05, 0.1) is 18.3 Å². The molecule has 0 amide bonds. The maximum Gasteiger partial charge on any atom is 0.337 e. The fourth-order valence-corrected chi connectivity index (χ4v) is 2.44. The van der Waals surface area contributed by atoms with E-state index in [9.17, 15) is 4.79 Å². The largest absolute Gasteiger partial charge is 0.494 e. The van der Waals surface area contributed by atoms with Crippen LogP contribution in [-0.2, 0) is 14.3 Å². The predicted molar refractivity (Wildman–Crippen MR) is 60.6 cm³/mol. The number of rotatable bonds is 2. The number of ether oxygens (including phenoxy) is 2. The summed E-state index contributed by atoms with van der Waals surface area (Å²) in [5.41, 5.74) is 0.806. The zero-order valence-electron chi connectivity index (χ0n) is 10.4. The van der Waals surface area contributed by atoms with Crippen molar-refractivity contribution in [2.45, 2.75) is 40.2 Å². The van der Waals surface area contributed by atoms with Crippen LogP contribution >= 0.6 is 0 Å². The lowest BCUT2D eigenvalue weighted by atomic mass is 9.81. The van der Waals surface area contributed by atoms with Crippen LogP contribution in [0.25, 0.3) is 0 Å². The van der Waals surface area contributed by atoms with E-state index >= 15 is 0 Å². The number of cyclic esters (lactones) is 1. The first-order chi connectivity index (χ1) is 7.56. The SMILES string of the molecule is CCC(C)C1=C2C(=O)OC[C@H]2[C@@H](C)[C@H](C)O1.